The van der Waals surface area contributed by atoms with Gasteiger partial charge in [-0.15, -0.1) is 0 Å². The monoisotopic (exact) mass is 295 g/mol. The van der Waals surface area contributed by atoms with Gasteiger partial charge in [0.25, 0.3) is 0 Å². The van der Waals surface area contributed by atoms with Crippen LogP contribution in [0, 0.1) is 0 Å². The smallest absolute Gasteiger partial charge is 0.135 e. The standard InChI is InChI=1S/C13H18BrN3/c14-11-9-12(16-13(15-11)10-5-6-10)17-7-3-1-2-4-8-17/h9-10H,1-8H2. The number of halogens is 1. The van der Waals surface area contributed by atoms with Crippen molar-refractivity contribution in [3.8, 4) is 0 Å². The molecule has 1 aliphatic heterocycles. The van der Waals surface area contributed by atoms with Gasteiger partial charge in [0.2, 0.25) is 0 Å². The summed E-state index contributed by atoms with van der Waals surface area (Å²) in [5.74, 6) is 2.78. The summed E-state index contributed by atoms with van der Waals surface area (Å²) in [5.41, 5.74) is 0. The third-order valence-corrected chi connectivity index (χ3v) is 3.98. The molecule has 2 aliphatic rings. The second-order valence-corrected chi connectivity index (χ2v) is 5.90. The maximum absolute atomic E-state index is 4.75. The highest BCUT2D eigenvalue weighted by molar-refractivity contribution is 9.10. The van der Waals surface area contributed by atoms with Crippen molar-refractivity contribution in [2.24, 2.45) is 0 Å². The van der Waals surface area contributed by atoms with Gasteiger partial charge in [-0.2, -0.15) is 0 Å². The van der Waals surface area contributed by atoms with Crippen LogP contribution in [-0.2, 0) is 0 Å². The second-order valence-electron chi connectivity index (χ2n) is 5.08. The molecule has 3 nitrogen and oxygen atoms in total. The zero-order valence-electron chi connectivity index (χ0n) is 10.0. The molecule has 4 heteroatoms. The molecule has 0 radical (unpaired) electrons. The van der Waals surface area contributed by atoms with E-state index in [-0.39, 0.29) is 0 Å². The molecule has 92 valence electrons. The highest BCUT2D eigenvalue weighted by Gasteiger charge is 2.27. The lowest BCUT2D eigenvalue weighted by molar-refractivity contribution is 0.726. The largest absolute Gasteiger partial charge is 0.356 e. The van der Waals surface area contributed by atoms with Crippen LogP contribution in [0.5, 0.6) is 0 Å². The molecular weight excluding hydrogens is 278 g/mol. The van der Waals surface area contributed by atoms with E-state index in [1.54, 1.807) is 0 Å². The summed E-state index contributed by atoms with van der Waals surface area (Å²) >= 11 is 3.52. The van der Waals surface area contributed by atoms with Crippen molar-refractivity contribution in [3.05, 3.63) is 16.5 Å². The molecule has 2 heterocycles. The second kappa shape index (κ2) is 4.92. The van der Waals surface area contributed by atoms with Gasteiger partial charge < -0.3 is 4.90 Å². The SMILES string of the molecule is Brc1cc(N2CCCCCC2)nc(C2CC2)n1. The van der Waals surface area contributed by atoms with E-state index in [0.717, 1.165) is 29.3 Å². The topological polar surface area (TPSA) is 29.0 Å². The van der Waals surface area contributed by atoms with Crippen LogP contribution in [-0.4, -0.2) is 23.1 Å². The van der Waals surface area contributed by atoms with Gasteiger partial charge in [-0.05, 0) is 41.6 Å². The average molecular weight is 296 g/mol. The molecule has 2 fully saturated rings. The highest BCUT2D eigenvalue weighted by Crippen LogP contribution is 2.39. The lowest BCUT2D eigenvalue weighted by Crippen LogP contribution is -2.25. The van der Waals surface area contributed by atoms with Crippen LogP contribution in [0.4, 0.5) is 5.82 Å². The molecule has 0 unspecified atom stereocenters. The van der Waals surface area contributed by atoms with E-state index in [2.05, 4.69) is 31.9 Å². The zero-order chi connectivity index (χ0) is 11.7. The molecule has 0 atom stereocenters. The average Bonchev–Trinajstić information content (AvgIpc) is 3.16. The Morgan fingerprint density at radius 2 is 1.76 bits per heavy atom. The molecule has 0 amide bonds. The molecule has 1 aliphatic carbocycles. The lowest BCUT2D eigenvalue weighted by atomic mass is 10.2. The number of anilines is 1. The van der Waals surface area contributed by atoms with E-state index in [1.165, 1.54) is 38.5 Å². The van der Waals surface area contributed by atoms with Gasteiger partial charge in [0.05, 0.1) is 0 Å². The molecule has 3 rings (SSSR count). The molecule has 0 bridgehead atoms. The third kappa shape index (κ3) is 2.79. The van der Waals surface area contributed by atoms with Crippen LogP contribution in [0.2, 0.25) is 0 Å². The van der Waals surface area contributed by atoms with Gasteiger partial charge in [0.1, 0.15) is 16.2 Å². The van der Waals surface area contributed by atoms with E-state index >= 15 is 0 Å². The van der Waals surface area contributed by atoms with Crippen LogP contribution in [0.1, 0.15) is 50.3 Å². The van der Waals surface area contributed by atoms with Crippen molar-refractivity contribution in [2.45, 2.75) is 44.4 Å². The Kier molecular flexibility index (Phi) is 3.32. The number of hydrogen-bond donors (Lipinski definition) is 0. The van der Waals surface area contributed by atoms with Crippen molar-refractivity contribution in [3.63, 3.8) is 0 Å². The first kappa shape index (κ1) is 11.5. The predicted molar refractivity (Wildman–Crippen MR) is 72.4 cm³/mol. The first-order chi connectivity index (χ1) is 8.33. The van der Waals surface area contributed by atoms with Crippen LogP contribution in [0.25, 0.3) is 0 Å². The van der Waals surface area contributed by atoms with Crippen molar-refractivity contribution in [1.29, 1.82) is 0 Å². The maximum Gasteiger partial charge on any atom is 0.135 e. The highest BCUT2D eigenvalue weighted by atomic mass is 79.9. The van der Waals surface area contributed by atoms with Gasteiger partial charge in [0, 0.05) is 25.1 Å². The summed E-state index contributed by atoms with van der Waals surface area (Å²) in [6.07, 6.45) is 7.82. The van der Waals surface area contributed by atoms with Gasteiger partial charge >= 0.3 is 0 Å². The third-order valence-electron chi connectivity index (χ3n) is 3.57. The lowest BCUT2D eigenvalue weighted by Gasteiger charge is -2.21. The normalized spacial score (nSPS) is 21.4. The van der Waals surface area contributed by atoms with E-state index in [9.17, 15) is 0 Å². The minimum absolute atomic E-state index is 0.623. The van der Waals surface area contributed by atoms with Gasteiger partial charge in [0.15, 0.2) is 0 Å². The predicted octanol–water partition coefficient (Wildman–Crippen LogP) is 3.50. The summed E-state index contributed by atoms with van der Waals surface area (Å²) in [7, 11) is 0. The van der Waals surface area contributed by atoms with E-state index < -0.39 is 0 Å². The summed E-state index contributed by atoms with van der Waals surface area (Å²) in [4.78, 5) is 11.7. The van der Waals surface area contributed by atoms with Crippen LogP contribution in [0.15, 0.2) is 10.7 Å². The van der Waals surface area contributed by atoms with E-state index in [1.807, 2.05) is 0 Å². The summed E-state index contributed by atoms with van der Waals surface area (Å²) in [6, 6.07) is 2.07. The molecule has 0 aromatic carbocycles. The van der Waals surface area contributed by atoms with Crippen LogP contribution in [0.3, 0.4) is 0 Å². The van der Waals surface area contributed by atoms with Crippen molar-refractivity contribution in [2.75, 3.05) is 18.0 Å². The van der Waals surface area contributed by atoms with Gasteiger partial charge in [-0.3, -0.25) is 0 Å². The Morgan fingerprint density at radius 1 is 1.06 bits per heavy atom. The fourth-order valence-corrected chi connectivity index (χ4v) is 2.80. The maximum atomic E-state index is 4.75. The summed E-state index contributed by atoms with van der Waals surface area (Å²) in [6.45, 7) is 2.29. The van der Waals surface area contributed by atoms with Crippen molar-refractivity contribution < 1.29 is 0 Å². The molecule has 0 N–H and O–H groups in total. The van der Waals surface area contributed by atoms with E-state index in [4.69, 9.17) is 4.98 Å². The van der Waals surface area contributed by atoms with Crippen LogP contribution < -0.4 is 4.90 Å². The fraction of sp³-hybridized carbons (Fsp3) is 0.692. The van der Waals surface area contributed by atoms with Gasteiger partial charge in [-0.25, -0.2) is 9.97 Å². The van der Waals surface area contributed by atoms with Gasteiger partial charge in [-0.1, -0.05) is 12.8 Å². The molecule has 17 heavy (non-hydrogen) atoms. The molecule has 1 aromatic heterocycles. The Labute approximate surface area is 111 Å². The molecule has 1 saturated heterocycles. The zero-order valence-corrected chi connectivity index (χ0v) is 11.6. The number of aromatic nitrogens is 2. The number of hydrogen-bond acceptors (Lipinski definition) is 3. The van der Waals surface area contributed by atoms with Crippen LogP contribution >= 0.6 is 15.9 Å². The Balaban J connectivity index is 1.84. The number of rotatable bonds is 2. The summed E-state index contributed by atoms with van der Waals surface area (Å²) < 4.78 is 0.939. The first-order valence-corrected chi connectivity index (χ1v) is 7.41. The first-order valence-electron chi connectivity index (χ1n) is 6.62. The molecule has 1 aromatic rings. The molecule has 0 spiro atoms. The van der Waals surface area contributed by atoms with Crippen molar-refractivity contribution in [1.82, 2.24) is 9.97 Å². The Hall–Kier alpha value is -0.640. The number of nitrogens with zero attached hydrogens (tertiary/aromatic N) is 3. The Bertz CT molecular complexity index is 396. The molecule has 1 saturated carbocycles. The minimum Gasteiger partial charge on any atom is -0.356 e. The van der Waals surface area contributed by atoms with E-state index in [0.29, 0.717) is 5.92 Å². The Morgan fingerprint density at radius 3 is 2.41 bits per heavy atom. The minimum atomic E-state index is 0.623. The quantitative estimate of drug-likeness (QED) is 0.782. The fourth-order valence-electron chi connectivity index (χ4n) is 2.41. The van der Waals surface area contributed by atoms with Crippen molar-refractivity contribution >= 4 is 21.7 Å². The summed E-state index contributed by atoms with van der Waals surface area (Å²) in [5, 5.41) is 0. The molecular formula is C13H18BrN3.